The van der Waals surface area contributed by atoms with Crippen molar-refractivity contribution >= 4 is 17.4 Å². The number of anilines is 2. The fourth-order valence-electron chi connectivity index (χ4n) is 4.35. The van der Waals surface area contributed by atoms with E-state index in [1.54, 1.807) is 12.4 Å². The molecule has 1 fully saturated rings. The highest BCUT2D eigenvalue weighted by Crippen LogP contribution is 2.29. The SMILES string of the molecule is Cc1cccnc1Nc1ccc(C2CCN(C(=O)[C@@H](C)n3ccnc3C(C)C)CC2)nc1. The quantitative estimate of drug-likeness (QED) is 0.605. The van der Waals surface area contributed by atoms with Crippen molar-refractivity contribution in [3.8, 4) is 0 Å². The number of carbonyl (C=O) groups excluding carboxylic acids is 1. The molecular formula is C25H32N6O. The van der Waals surface area contributed by atoms with Gasteiger partial charge in [0.1, 0.15) is 17.7 Å². The van der Waals surface area contributed by atoms with E-state index in [1.165, 1.54) is 0 Å². The number of piperidine rings is 1. The lowest BCUT2D eigenvalue weighted by molar-refractivity contribution is -0.135. The lowest BCUT2D eigenvalue weighted by Gasteiger charge is -2.34. The summed E-state index contributed by atoms with van der Waals surface area (Å²) in [6.45, 7) is 9.73. The second kappa shape index (κ2) is 9.51. The average Bonchev–Trinajstić information content (AvgIpc) is 3.31. The minimum atomic E-state index is -0.231. The van der Waals surface area contributed by atoms with Crippen molar-refractivity contribution in [1.29, 1.82) is 0 Å². The molecule has 0 bridgehead atoms. The van der Waals surface area contributed by atoms with Crippen molar-refractivity contribution in [3.63, 3.8) is 0 Å². The number of amides is 1. The Labute approximate surface area is 189 Å². The van der Waals surface area contributed by atoms with Gasteiger partial charge in [0.15, 0.2) is 0 Å². The van der Waals surface area contributed by atoms with Gasteiger partial charge in [-0.1, -0.05) is 19.9 Å². The first-order chi connectivity index (χ1) is 15.4. The van der Waals surface area contributed by atoms with Gasteiger partial charge in [0.2, 0.25) is 5.91 Å². The Bertz CT molecular complexity index is 1050. The Kier molecular flexibility index (Phi) is 6.53. The van der Waals surface area contributed by atoms with Crippen molar-refractivity contribution in [2.75, 3.05) is 18.4 Å². The number of pyridine rings is 2. The third-order valence-corrected chi connectivity index (χ3v) is 6.27. The van der Waals surface area contributed by atoms with E-state index in [0.717, 1.165) is 54.5 Å². The van der Waals surface area contributed by atoms with Gasteiger partial charge in [0.25, 0.3) is 0 Å². The molecule has 1 N–H and O–H groups in total. The van der Waals surface area contributed by atoms with E-state index < -0.39 is 0 Å². The lowest BCUT2D eigenvalue weighted by atomic mass is 9.92. The minimum Gasteiger partial charge on any atom is -0.341 e. The zero-order valence-corrected chi connectivity index (χ0v) is 19.3. The van der Waals surface area contributed by atoms with Crippen LogP contribution in [0.1, 0.15) is 68.6 Å². The summed E-state index contributed by atoms with van der Waals surface area (Å²) in [5.41, 5.74) is 3.11. The largest absolute Gasteiger partial charge is 0.341 e. The maximum absolute atomic E-state index is 13.1. The zero-order chi connectivity index (χ0) is 22.7. The predicted molar refractivity (Wildman–Crippen MR) is 126 cm³/mol. The first kappa shape index (κ1) is 22.0. The van der Waals surface area contributed by atoms with Crippen LogP contribution in [0.15, 0.2) is 49.1 Å². The highest BCUT2D eigenvalue weighted by Gasteiger charge is 2.29. The first-order valence-electron chi connectivity index (χ1n) is 11.4. The van der Waals surface area contributed by atoms with Crippen molar-refractivity contribution in [1.82, 2.24) is 24.4 Å². The number of hydrogen-bond donors (Lipinski definition) is 1. The summed E-state index contributed by atoms with van der Waals surface area (Å²) in [6, 6.07) is 7.88. The molecule has 3 aromatic rings. The van der Waals surface area contributed by atoms with E-state index in [0.29, 0.717) is 5.92 Å². The van der Waals surface area contributed by atoms with Crippen molar-refractivity contribution in [2.24, 2.45) is 0 Å². The smallest absolute Gasteiger partial charge is 0.245 e. The summed E-state index contributed by atoms with van der Waals surface area (Å²) < 4.78 is 2.01. The summed E-state index contributed by atoms with van der Waals surface area (Å²) in [7, 11) is 0. The highest BCUT2D eigenvalue weighted by atomic mass is 16.2. The molecule has 168 valence electrons. The minimum absolute atomic E-state index is 0.168. The van der Waals surface area contributed by atoms with Gasteiger partial charge in [-0.15, -0.1) is 0 Å². The molecule has 0 aliphatic carbocycles. The van der Waals surface area contributed by atoms with Crippen LogP contribution < -0.4 is 5.32 Å². The van der Waals surface area contributed by atoms with Gasteiger partial charge >= 0.3 is 0 Å². The van der Waals surface area contributed by atoms with E-state index >= 15 is 0 Å². The average molecular weight is 433 g/mol. The molecule has 0 unspecified atom stereocenters. The Morgan fingerprint density at radius 3 is 2.50 bits per heavy atom. The van der Waals surface area contributed by atoms with Crippen LogP contribution >= 0.6 is 0 Å². The Morgan fingerprint density at radius 2 is 1.84 bits per heavy atom. The fourth-order valence-corrected chi connectivity index (χ4v) is 4.35. The summed E-state index contributed by atoms with van der Waals surface area (Å²) in [4.78, 5) is 28.6. The second-order valence-electron chi connectivity index (χ2n) is 8.89. The van der Waals surface area contributed by atoms with Crippen molar-refractivity contribution in [2.45, 2.75) is 58.4 Å². The van der Waals surface area contributed by atoms with Crippen LogP contribution in [0.3, 0.4) is 0 Å². The van der Waals surface area contributed by atoms with Gasteiger partial charge in [-0.2, -0.15) is 0 Å². The van der Waals surface area contributed by atoms with Gasteiger partial charge in [-0.05, 0) is 50.5 Å². The third-order valence-electron chi connectivity index (χ3n) is 6.27. The van der Waals surface area contributed by atoms with E-state index in [-0.39, 0.29) is 17.9 Å². The first-order valence-corrected chi connectivity index (χ1v) is 11.4. The van der Waals surface area contributed by atoms with Gasteiger partial charge in [0.05, 0.1) is 11.9 Å². The van der Waals surface area contributed by atoms with Crippen LogP contribution in [-0.4, -0.2) is 43.4 Å². The number of hydrogen-bond acceptors (Lipinski definition) is 5. The van der Waals surface area contributed by atoms with Crippen molar-refractivity contribution in [3.05, 3.63) is 66.1 Å². The lowest BCUT2D eigenvalue weighted by Crippen LogP contribution is -2.41. The topological polar surface area (TPSA) is 75.9 Å². The molecule has 3 aromatic heterocycles. The molecule has 1 atom stereocenters. The molecule has 1 aliphatic heterocycles. The maximum atomic E-state index is 13.1. The van der Waals surface area contributed by atoms with Crippen LogP contribution in [0.2, 0.25) is 0 Å². The number of rotatable bonds is 6. The Morgan fingerprint density at radius 1 is 1.06 bits per heavy atom. The van der Waals surface area contributed by atoms with Crippen LogP contribution in [0, 0.1) is 6.92 Å². The number of aryl methyl sites for hydroxylation is 1. The maximum Gasteiger partial charge on any atom is 0.245 e. The number of nitrogens with zero attached hydrogens (tertiary/aromatic N) is 5. The summed E-state index contributed by atoms with van der Waals surface area (Å²) in [6.07, 6.45) is 9.21. The number of nitrogens with one attached hydrogen (secondary N) is 1. The van der Waals surface area contributed by atoms with Crippen LogP contribution in [0.25, 0.3) is 0 Å². The van der Waals surface area contributed by atoms with Crippen molar-refractivity contribution < 1.29 is 4.79 Å². The number of aromatic nitrogens is 4. The predicted octanol–water partition coefficient (Wildman–Crippen LogP) is 4.82. The molecule has 0 saturated carbocycles. The molecule has 0 spiro atoms. The molecule has 4 heterocycles. The summed E-state index contributed by atoms with van der Waals surface area (Å²) in [5, 5.41) is 3.33. The molecule has 1 aliphatic rings. The van der Waals surface area contributed by atoms with Crippen LogP contribution in [0.5, 0.6) is 0 Å². The molecule has 32 heavy (non-hydrogen) atoms. The van der Waals surface area contributed by atoms with E-state index in [2.05, 4.69) is 41.3 Å². The molecule has 4 rings (SSSR count). The van der Waals surface area contributed by atoms with Crippen LogP contribution in [-0.2, 0) is 4.79 Å². The summed E-state index contributed by atoms with van der Waals surface area (Å²) in [5.74, 6) is 2.64. The molecule has 1 amide bonds. The van der Waals surface area contributed by atoms with Gasteiger partial charge in [-0.3, -0.25) is 9.78 Å². The monoisotopic (exact) mass is 432 g/mol. The molecule has 0 radical (unpaired) electrons. The van der Waals surface area contributed by atoms with E-state index in [9.17, 15) is 4.79 Å². The molecule has 1 saturated heterocycles. The number of imidazole rings is 1. The van der Waals surface area contributed by atoms with Crippen LogP contribution in [0.4, 0.5) is 11.5 Å². The normalized spacial score (nSPS) is 15.7. The van der Waals surface area contributed by atoms with Gasteiger partial charge < -0.3 is 14.8 Å². The van der Waals surface area contributed by atoms with Gasteiger partial charge in [-0.25, -0.2) is 9.97 Å². The molecule has 7 nitrogen and oxygen atoms in total. The van der Waals surface area contributed by atoms with Gasteiger partial charge in [0, 0.05) is 49.2 Å². The Balaban J connectivity index is 1.34. The number of likely N-dealkylation sites (tertiary alicyclic amines) is 1. The molecule has 7 heteroatoms. The standard InChI is InChI=1S/C25H32N6O/c1-17(2)24-27-12-15-31(24)19(4)25(32)30-13-9-20(10-14-30)22-8-7-21(16-28-22)29-23-18(3)6-5-11-26-23/h5-8,11-12,15-17,19-20H,9-10,13-14H2,1-4H3,(H,26,29)/t19-/m1/s1. The highest BCUT2D eigenvalue weighted by molar-refractivity contribution is 5.80. The zero-order valence-electron chi connectivity index (χ0n) is 19.3. The van der Waals surface area contributed by atoms with E-state index in [1.807, 2.05) is 47.8 Å². The summed E-state index contributed by atoms with van der Waals surface area (Å²) >= 11 is 0. The third kappa shape index (κ3) is 4.66. The second-order valence-corrected chi connectivity index (χ2v) is 8.89. The fraction of sp³-hybridized carbons (Fsp3) is 0.440. The Hall–Kier alpha value is -3.22. The number of carbonyl (C=O) groups is 1. The van der Waals surface area contributed by atoms with E-state index in [4.69, 9.17) is 4.98 Å². The molecular weight excluding hydrogens is 400 g/mol. The molecule has 0 aromatic carbocycles.